The number of likely N-dealkylation sites (N-methyl/N-ethyl adjacent to an activating group) is 1. The largest absolute Gasteiger partial charge is 0.493 e. The van der Waals surface area contributed by atoms with Crippen LogP contribution >= 0.6 is 0 Å². The highest BCUT2D eigenvalue weighted by Gasteiger charge is 2.17. The van der Waals surface area contributed by atoms with E-state index in [1.807, 2.05) is 19.2 Å². The van der Waals surface area contributed by atoms with Crippen molar-refractivity contribution in [2.45, 2.75) is 6.42 Å². The average molecular weight is 355 g/mol. The normalized spacial score (nSPS) is 11.0. The maximum Gasteiger partial charge on any atom is 0.169 e. The molecule has 0 heterocycles. The predicted octanol–water partition coefficient (Wildman–Crippen LogP) is 3.79. The topological polar surface area (TPSA) is 49.0 Å². The lowest BCUT2D eigenvalue weighted by Gasteiger charge is -2.18. The van der Waals surface area contributed by atoms with Crippen LogP contribution in [0.5, 0.6) is 23.0 Å². The summed E-state index contributed by atoms with van der Waals surface area (Å²) in [6.45, 7) is 0.883. The van der Waals surface area contributed by atoms with Crippen LogP contribution in [0, 0.1) is 0 Å². The van der Waals surface area contributed by atoms with Crippen molar-refractivity contribution in [2.75, 3.05) is 42.0 Å². The Hall–Kier alpha value is -2.66. The number of hydrogen-bond acceptors (Lipinski definition) is 5. The molecule has 3 aromatic carbocycles. The molecule has 1 N–H and O–H groups in total. The smallest absolute Gasteiger partial charge is 0.169 e. The second-order valence-corrected chi connectivity index (χ2v) is 6.04. The Kier molecular flexibility index (Phi) is 5.38. The molecule has 3 rings (SSSR count). The summed E-state index contributed by atoms with van der Waals surface area (Å²) >= 11 is 0. The molecular weight excluding hydrogens is 330 g/mol. The number of benzene rings is 3. The van der Waals surface area contributed by atoms with Gasteiger partial charge in [0.1, 0.15) is 0 Å². The van der Waals surface area contributed by atoms with E-state index in [1.54, 1.807) is 28.4 Å². The van der Waals surface area contributed by atoms with Crippen LogP contribution in [-0.4, -0.2) is 42.0 Å². The zero-order valence-electron chi connectivity index (χ0n) is 15.9. The molecule has 0 radical (unpaired) electrons. The van der Waals surface area contributed by atoms with Crippen molar-refractivity contribution in [3.05, 3.63) is 35.9 Å². The zero-order chi connectivity index (χ0) is 18.7. The fraction of sp³-hybridized carbons (Fsp3) is 0.333. The van der Waals surface area contributed by atoms with E-state index in [0.29, 0.717) is 11.5 Å². The lowest BCUT2D eigenvalue weighted by Crippen LogP contribution is -2.10. The maximum absolute atomic E-state index is 5.73. The quantitative estimate of drug-likeness (QED) is 0.654. The van der Waals surface area contributed by atoms with Crippen LogP contribution in [-0.2, 0) is 6.42 Å². The van der Waals surface area contributed by atoms with Crippen LogP contribution in [0.1, 0.15) is 5.56 Å². The second kappa shape index (κ2) is 7.70. The zero-order valence-corrected chi connectivity index (χ0v) is 15.9. The highest BCUT2D eigenvalue weighted by atomic mass is 16.5. The Morgan fingerprint density at radius 3 is 2.08 bits per heavy atom. The van der Waals surface area contributed by atoms with Gasteiger partial charge in [-0.25, -0.2) is 0 Å². The number of methoxy groups -OCH3 is 4. The van der Waals surface area contributed by atoms with Crippen molar-refractivity contribution in [1.82, 2.24) is 5.32 Å². The summed E-state index contributed by atoms with van der Waals surface area (Å²) in [6, 6.07) is 10.3. The molecule has 0 aliphatic rings. The molecule has 0 fully saturated rings. The van der Waals surface area contributed by atoms with Crippen molar-refractivity contribution >= 4 is 21.5 Å². The monoisotopic (exact) mass is 355 g/mol. The number of nitrogens with one attached hydrogen (secondary N) is 1. The summed E-state index contributed by atoms with van der Waals surface area (Å²) in [7, 11) is 8.58. The van der Waals surface area contributed by atoms with Gasteiger partial charge in [0.2, 0.25) is 0 Å². The molecule has 0 saturated heterocycles. The number of rotatable bonds is 7. The van der Waals surface area contributed by atoms with Gasteiger partial charge >= 0.3 is 0 Å². The van der Waals surface area contributed by atoms with Gasteiger partial charge in [-0.1, -0.05) is 12.1 Å². The summed E-state index contributed by atoms with van der Waals surface area (Å²) < 4.78 is 22.3. The van der Waals surface area contributed by atoms with E-state index < -0.39 is 0 Å². The molecule has 0 atom stereocenters. The first-order valence-corrected chi connectivity index (χ1v) is 8.55. The second-order valence-electron chi connectivity index (χ2n) is 6.04. The van der Waals surface area contributed by atoms with Crippen molar-refractivity contribution in [2.24, 2.45) is 0 Å². The molecule has 5 heteroatoms. The van der Waals surface area contributed by atoms with Crippen molar-refractivity contribution in [3.8, 4) is 23.0 Å². The summed E-state index contributed by atoms with van der Waals surface area (Å²) in [4.78, 5) is 0. The minimum absolute atomic E-state index is 0.689. The third-order valence-electron chi connectivity index (χ3n) is 4.69. The molecule has 0 spiro atoms. The van der Waals surface area contributed by atoms with E-state index >= 15 is 0 Å². The molecule has 26 heavy (non-hydrogen) atoms. The maximum atomic E-state index is 5.73. The van der Waals surface area contributed by atoms with Gasteiger partial charge in [0.15, 0.2) is 23.0 Å². The van der Waals surface area contributed by atoms with Crippen LogP contribution < -0.4 is 24.3 Å². The lowest BCUT2D eigenvalue weighted by molar-refractivity contribution is 0.355. The highest BCUT2D eigenvalue weighted by Crippen LogP contribution is 2.44. The van der Waals surface area contributed by atoms with E-state index in [-0.39, 0.29) is 0 Å². The molecule has 0 aliphatic heterocycles. The Morgan fingerprint density at radius 1 is 0.769 bits per heavy atom. The van der Waals surface area contributed by atoms with Crippen molar-refractivity contribution in [3.63, 3.8) is 0 Å². The van der Waals surface area contributed by atoms with E-state index in [9.17, 15) is 0 Å². The molecule has 0 aliphatic carbocycles. The van der Waals surface area contributed by atoms with Gasteiger partial charge in [0.05, 0.1) is 28.4 Å². The summed E-state index contributed by atoms with van der Waals surface area (Å²) in [6.07, 6.45) is 0.895. The standard InChI is InChI=1S/C21H25NO4/c1-22-9-8-14-11-19(25-4)21(26-5)20-15(14)7-6-13-10-17(23-2)18(24-3)12-16(13)20/h6-7,10-12,22H,8-9H2,1-5H3. The minimum atomic E-state index is 0.689. The van der Waals surface area contributed by atoms with Gasteiger partial charge in [0.25, 0.3) is 0 Å². The SMILES string of the molecule is CNCCc1cc(OC)c(OC)c2c1ccc1cc(OC)c(OC)cc12. The fourth-order valence-electron chi connectivity index (χ4n) is 3.41. The van der Waals surface area contributed by atoms with E-state index in [1.165, 1.54) is 5.56 Å². The van der Waals surface area contributed by atoms with Crippen molar-refractivity contribution < 1.29 is 18.9 Å². The third kappa shape index (κ3) is 2.99. The molecule has 0 unspecified atom stereocenters. The molecule has 5 nitrogen and oxygen atoms in total. The third-order valence-corrected chi connectivity index (χ3v) is 4.69. The molecule has 0 amide bonds. The van der Waals surface area contributed by atoms with Crippen LogP contribution in [0.3, 0.4) is 0 Å². The summed E-state index contributed by atoms with van der Waals surface area (Å²) in [5.74, 6) is 2.85. The molecule has 3 aromatic rings. The molecular formula is C21H25NO4. The van der Waals surface area contributed by atoms with Gasteiger partial charge in [-0.15, -0.1) is 0 Å². The van der Waals surface area contributed by atoms with Crippen molar-refractivity contribution in [1.29, 1.82) is 0 Å². The number of ether oxygens (including phenoxy) is 4. The molecule has 0 saturated carbocycles. The van der Waals surface area contributed by atoms with E-state index in [4.69, 9.17) is 18.9 Å². The fourth-order valence-corrected chi connectivity index (χ4v) is 3.41. The average Bonchev–Trinajstić information content (AvgIpc) is 2.69. The summed E-state index contributed by atoms with van der Waals surface area (Å²) in [5, 5.41) is 7.48. The van der Waals surface area contributed by atoms with Gasteiger partial charge < -0.3 is 24.3 Å². The van der Waals surface area contributed by atoms with E-state index in [2.05, 4.69) is 23.5 Å². The summed E-state index contributed by atoms with van der Waals surface area (Å²) in [5.41, 5.74) is 1.21. The van der Waals surface area contributed by atoms with Gasteiger partial charge in [-0.3, -0.25) is 0 Å². The lowest BCUT2D eigenvalue weighted by atomic mass is 9.95. The van der Waals surface area contributed by atoms with Crippen LogP contribution in [0.4, 0.5) is 0 Å². The van der Waals surface area contributed by atoms with Gasteiger partial charge in [0, 0.05) is 5.39 Å². The number of fused-ring (bicyclic) bond motifs is 3. The minimum Gasteiger partial charge on any atom is -0.493 e. The Morgan fingerprint density at radius 2 is 1.46 bits per heavy atom. The van der Waals surface area contributed by atoms with Crippen LogP contribution in [0.25, 0.3) is 21.5 Å². The number of hydrogen-bond donors (Lipinski definition) is 1. The van der Waals surface area contributed by atoms with Gasteiger partial charge in [-0.2, -0.15) is 0 Å². The Bertz CT molecular complexity index is 937. The first-order chi connectivity index (χ1) is 12.7. The molecule has 0 bridgehead atoms. The highest BCUT2D eigenvalue weighted by molar-refractivity contribution is 6.13. The molecule has 0 aromatic heterocycles. The Labute approximate surface area is 153 Å². The molecule has 138 valence electrons. The first kappa shape index (κ1) is 18.1. The van der Waals surface area contributed by atoms with Crippen LogP contribution in [0.2, 0.25) is 0 Å². The van der Waals surface area contributed by atoms with E-state index in [0.717, 1.165) is 46.0 Å². The predicted molar refractivity (Wildman–Crippen MR) is 105 cm³/mol. The van der Waals surface area contributed by atoms with Gasteiger partial charge in [-0.05, 0) is 59.9 Å². The Balaban J connectivity index is 2.43. The van der Waals surface area contributed by atoms with Crippen LogP contribution in [0.15, 0.2) is 30.3 Å². The first-order valence-electron chi connectivity index (χ1n) is 8.55.